The Bertz CT molecular complexity index is 854. The minimum absolute atomic E-state index is 0.277. The van der Waals surface area contributed by atoms with Crippen LogP contribution in [0.4, 0.5) is 10.5 Å². The lowest BCUT2D eigenvalue weighted by Crippen LogP contribution is -2.39. The van der Waals surface area contributed by atoms with E-state index in [4.69, 9.17) is 15.2 Å². The highest BCUT2D eigenvalue weighted by molar-refractivity contribution is 5.76. The maximum atomic E-state index is 12.3. The highest BCUT2D eigenvalue weighted by Gasteiger charge is 2.24. The minimum Gasteiger partial charge on any atom is -0.488 e. The van der Waals surface area contributed by atoms with Crippen molar-refractivity contribution in [2.75, 3.05) is 18.8 Å². The number of benzene rings is 2. The third-order valence-electron chi connectivity index (χ3n) is 4.45. The first-order valence-corrected chi connectivity index (χ1v) is 9.55. The summed E-state index contributed by atoms with van der Waals surface area (Å²) < 4.78 is 11.5. The molecule has 0 saturated carbocycles. The van der Waals surface area contributed by atoms with Gasteiger partial charge in [-0.25, -0.2) is 4.79 Å². The summed E-state index contributed by atoms with van der Waals surface area (Å²) in [5.41, 5.74) is 9.43. The van der Waals surface area contributed by atoms with E-state index in [1.165, 1.54) is 0 Å². The number of ether oxygens (including phenoxy) is 2. The van der Waals surface area contributed by atoms with Crippen LogP contribution in [0.15, 0.2) is 54.6 Å². The molecule has 0 unspecified atom stereocenters. The SMILES string of the molecule is CC(C)(C)OC(=O)N1CC=C(c2ccc(N)cc2OCc2ccccc2)CC1. The Labute approximate surface area is 166 Å². The summed E-state index contributed by atoms with van der Waals surface area (Å²) in [5, 5.41) is 0. The molecule has 1 aliphatic heterocycles. The maximum absolute atomic E-state index is 12.3. The van der Waals surface area contributed by atoms with Crippen LogP contribution in [0, 0.1) is 0 Å². The zero-order valence-corrected chi connectivity index (χ0v) is 16.8. The minimum atomic E-state index is -0.490. The van der Waals surface area contributed by atoms with Gasteiger partial charge in [0.2, 0.25) is 0 Å². The van der Waals surface area contributed by atoms with Gasteiger partial charge in [-0.1, -0.05) is 36.4 Å². The van der Waals surface area contributed by atoms with Crippen molar-refractivity contribution in [3.05, 3.63) is 65.7 Å². The van der Waals surface area contributed by atoms with Gasteiger partial charge in [-0.2, -0.15) is 0 Å². The van der Waals surface area contributed by atoms with E-state index in [-0.39, 0.29) is 6.09 Å². The van der Waals surface area contributed by atoms with Crippen LogP contribution in [0.3, 0.4) is 0 Å². The van der Waals surface area contributed by atoms with Gasteiger partial charge in [0.1, 0.15) is 18.0 Å². The summed E-state index contributed by atoms with van der Waals surface area (Å²) in [6, 6.07) is 15.8. The van der Waals surface area contributed by atoms with Crippen LogP contribution in [0.2, 0.25) is 0 Å². The van der Waals surface area contributed by atoms with Crippen LogP contribution < -0.4 is 10.5 Å². The van der Waals surface area contributed by atoms with Crippen molar-refractivity contribution in [3.63, 3.8) is 0 Å². The molecule has 2 aromatic carbocycles. The molecule has 0 radical (unpaired) electrons. The number of carbonyl (C=O) groups is 1. The maximum Gasteiger partial charge on any atom is 0.410 e. The van der Waals surface area contributed by atoms with Crippen molar-refractivity contribution in [3.8, 4) is 5.75 Å². The first-order chi connectivity index (χ1) is 13.3. The topological polar surface area (TPSA) is 64.8 Å². The molecular formula is C23H28N2O3. The van der Waals surface area contributed by atoms with Gasteiger partial charge in [0, 0.05) is 30.4 Å². The van der Waals surface area contributed by atoms with E-state index in [1.54, 1.807) is 4.90 Å². The normalized spacial score (nSPS) is 14.4. The van der Waals surface area contributed by atoms with Crippen molar-refractivity contribution in [2.45, 2.75) is 39.4 Å². The number of anilines is 1. The van der Waals surface area contributed by atoms with Gasteiger partial charge in [-0.15, -0.1) is 0 Å². The van der Waals surface area contributed by atoms with E-state index >= 15 is 0 Å². The van der Waals surface area contributed by atoms with E-state index in [0.29, 0.717) is 25.4 Å². The number of hydrogen-bond donors (Lipinski definition) is 1. The molecular weight excluding hydrogens is 352 g/mol. The fraction of sp³-hybridized carbons (Fsp3) is 0.348. The Hall–Kier alpha value is -2.95. The summed E-state index contributed by atoms with van der Waals surface area (Å²) in [6.45, 7) is 7.24. The van der Waals surface area contributed by atoms with Crippen molar-refractivity contribution in [1.29, 1.82) is 0 Å². The first kappa shape index (κ1) is 19.8. The lowest BCUT2D eigenvalue weighted by molar-refractivity contribution is 0.0270. The molecule has 0 atom stereocenters. The zero-order chi connectivity index (χ0) is 20.1. The Morgan fingerprint density at radius 3 is 2.54 bits per heavy atom. The molecule has 2 N–H and O–H groups in total. The Balaban J connectivity index is 1.72. The Kier molecular flexibility index (Phi) is 5.93. The molecule has 1 amide bonds. The van der Waals surface area contributed by atoms with Crippen LogP contribution in [-0.2, 0) is 11.3 Å². The van der Waals surface area contributed by atoms with Gasteiger partial charge in [-0.05, 0) is 50.5 Å². The molecule has 5 nitrogen and oxygen atoms in total. The van der Waals surface area contributed by atoms with E-state index in [1.807, 2.05) is 69.3 Å². The van der Waals surface area contributed by atoms with Gasteiger partial charge < -0.3 is 20.1 Å². The average Bonchev–Trinajstić information content (AvgIpc) is 2.66. The summed E-state index contributed by atoms with van der Waals surface area (Å²) in [6.07, 6.45) is 2.53. The van der Waals surface area contributed by atoms with E-state index in [2.05, 4.69) is 6.08 Å². The van der Waals surface area contributed by atoms with E-state index in [9.17, 15) is 4.79 Å². The summed E-state index contributed by atoms with van der Waals surface area (Å²) in [7, 11) is 0. The van der Waals surface area contributed by atoms with Gasteiger partial charge >= 0.3 is 6.09 Å². The molecule has 1 aliphatic rings. The fourth-order valence-corrected chi connectivity index (χ4v) is 3.07. The monoisotopic (exact) mass is 380 g/mol. The molecule has 0 aliphatic carbocycles. The van der Waals surface area contributed by atoms with E-state index < -0.39 is 5.60 Å². The quantitative estimate of drug-likeness (QED) is 0.769. The molecule has 5 heteroatoms. The second-order valence-corrected chi connectivity index (χ2v) is 7.94. The number of hydrogen-bond acceptors (Lipinski definition) is 4. The van der Waals surface area contributed by atoms with Gasteiger partial charge in [0.05, 0.1) is 0 Å². The third-order valence-corrected chi connectivity index (χ3v) is 4.45. The molecule has 1 heterocycles. The molecule has 28 heavy (non-hydrogen) atoms. The second kappa shape index (κ2) is 8.38. The highest BCUT2D eigenvalue weighted by Crippen LogP contribution is 2.33. The van der Waals surface area contributed by atoms with Crippen LogP contribution >= 0.6 is 0 Å². The lowest BCUT2D eigenvalue weighted by atomic mass is 9.98. The number of amides is 1. The number of nitrogens with zero attached hydrogens (tertiary/aromatic N) is 1. The van der Waals surface area contributed by atoms with Gasteiger partial charge in [-0.3, -0.25) is 0 Å². The molecule has 3 rings (SSSR count). The van der Waals surface area contributed by atoms with E-state index in [0.717, 1.165) is 28.9 Å². The number of nitrogen functional groups attached to an aromatic ring is 1. The molecule has 0 fully saturated rings. The Morgan fingerprint density at radius 2 is 1.89 bits per heavy atom. The molecule has 0 spiro atoms. The van der Waals surface area contributed by atoms with Gasteiger partial charge in [0.15, 0.2) is 0 Å². The van der Waals surface area contributed by atoms with Crippen molar-refractivity contribution in [1.82, 2.24) is 4.90 Å². The molecule has 0 saturated heterocycles. The van der Waals surface area contributed by atoms with Crippen LogP contribution in [0.25, 0.3) is 5.57 Å². The van der Waals surface area contributed by atoms with Crippen molar-refractivity contribution >= 4 is 17.4 Å². The Morgan fingerprint density at radius 1 is 1.14 bits per heavy atom. The predicted molar refractivity (Wildman–Crippen MR) is 112 cm³/mol. The summed E-state index contributed by atoms with van der Waals surface area (Å²) >= 11 is 0. The summed E-state index contributed by atoms with van der Waals surface area (Å²) in [4.78, 5) is 14.0. The van der Waals surface area contributed by atoms with Crippen molar-refractivity contribution < 1.29 is 14.3 Å². The van der Waals surface area contributed by atoms with Crippen molar-refractivity contribution in [2.24, 2.45) is 0 Å². The summed E-state index contributed by atoms with van der Waals surface area (Å²) in [5.74, 6) is 0.765. The average molecular weight is 380 g/mol. The van der Waals surface area contributed by atoms with Crippen LogP contribution in [-0.4, -0.2) is 29.7 Å². The number of nitrogens with two attached hydrogens (primary N) is 1. The third kappa shape index (κ3) is 5.28. The lowest BCUT2D eigenvalue weighted by Gasteiger charge is -2.30. The molecule has 2 aromatic rings. The van der Waals surface area contributed by atoms with Crippen LogP contribution in [0.5, 0.6) is 5.75 Å². The fourth-order valence-electron chi connectivity index (χ4n) is 3.07. The first-order valence-electron chi connectivity index (χ1n) is 9.55. The second-order valence-electron chi connectivity index (χ2n) is 7.94. The highest BCUT2D eigenvalue weighted by atomic mass is 16.6. The number of rotatable bonds is 4. The standard InChI is InChI=1S/C23H28N2O3/c1-23(2,3)28-22(26)25-13-11-18(12-14-25)20-10-9-19(24)15-21(20)27-16-17-7-5-4-6-8-17/h4-11,15H,12-14,16,24H2,1-3H3. The van der Waals surface area contributed by atoms with Gasteiger partial charge in [0.25, 0.3) is 0 Å². The molecule has 148 valence electrons. The largest absolute Gasteiger partial charge is 0.488 e. The molecule has 0 bridgehead atoms. The molecule has 0 aromatic heterocycles. The predicted octanol–water partition coefficient (Wildman–Crippen LogP) is 4.87. The number of carbonyl (C=O) groups excluding carboxylic acids is 1. The smallest absolute Gasteiger partial charge is 0.410 e. The zero-order valence-electron chi connectivity index (χ0n) is 16.8. The van der Waals surface area contributed by atoms with Crippen LogP contribution in [0.1, 0.15) is 38.3 Å².